The van der Waals surface area contributed by atoms with Crippen LogP contribution in [0.3, 0.4) is 0 Å². The Morgan fingerprint density at radius 3 is 1.89 bits per heavy atom. The van der Waals surface area contributed by atoms with E-state index in [4.69, 9.17) is 4.43 Å². The third-order valence-electron chi connectivity index (χ3n) is 3.69. The van der Waals surface area contributed by atoms with Crippen molar-refractivity contribution in [1.29, 1.82) is 0 Å². The second kappa shape index (κ2) is 6.99. The fourth-order valence-electron chi connectivity index (χ4n) is 1.38. The molecule has 0 aliphatic carbocycles. The number of rotatable bonds is 8. The van der Waals surface area contributed by atoms with E-state index in [9.17, 15) is 12.9 Å². The Kier molecular flexibility index (Phi) is 7.00. The summed E-state index contributed by atoms with van der Waals surface area (Å²) in [6.45, 7) is 7.04. The van der Waals surface area contributed by atoms with Gasteiger partial charge in [0.05, 0.1) is 0 Å². The number of halogens is 3. The summed E-state index contributed by atoms with van der Waals surface area (Å²) in [7, 11) is -1.68. The lowest BCUT2D eigenvalue weighted by molar-refractivity contribution is 0.277. The van der Waals surface area contributed by atoms with Crippen LogP contribution in [0.15, 0.2) is 0 Å². The van der Waals surface area contributed by atoms with Gasteiger partial charge in [0, 0.05) is 6.61 Å². The van der Waals surface area contributed by atoms with Gasteiger partial charge in [0.15, 0.2) is 8.32 Å². The van der Waals surface area contributed by atoms with Gasteiger partial charge >= 0.3 is 6.98 Å². The van der Waals surface area contributed by atoms with Crippen molar-refractivity contribution in [2.45, 2.75) is 70.9 Å². The zero-order valence-corrected chi connectivity index (χ0v) is 13.4. The van der Waals surface area contributed by atoms with Crippen molar-refractivity contribution in [2.24, 2.45) is 0 Å². The first kappa shape index (κ1) is 18.0. The Balaban J connectivity index is 3.58. The number of hydrogen-bond acceptors (Lipinski definition) is 1. The predicted molar refractivity (Wildman–Crippen MR) is 75.5 cm³/mol. The molecule has 0 bridgehead atoms. The summed E-state index contributed by atoms with van der Waals surface area (Å²) >= 11 is 0. The minimum absolute atomic E-state index is 0.200. The smallest absolute Gasteiger partial charge is 0.449 e. The molecule has 0 fully saturated rings. The maximum Gasteiger partial charge on any atom is 0.478 e. The van der Waals surface area contributed by atoms with E-state index in [0.717, 1.165) is 12.8 Å². The molecule has 0 aromatic heterocycles. The highest BCUT2D eigenvalue weighted by Gasteiger charge is 2.36. The van der Waals surface area contributed by atoms with Crippen LogP contribution in [0, 0.1) is 0 Å². The molecule has 110 valence electrons. The quantitative estimate of drug-likeness (QED) is 0.427. The molecule has 0 amide bonds. The molecule has 0 aromatic carbocycles. The molecule has 0 heterocycles. The van der Waals surface area contributed by atoms with Crippen LogP contribution in [-0.2, 0) is 4.43 Å². The molecule has 0 atom stereocenters. The molecule has 0 saturated heterocycles. The second-order valence-corrected chi connectivity index (χ2v) is 11.3. The fourth-order valence-corrected chi connectivity index (χ4v) is 2.46. The molecule has 1 nitrogen and oxygen atoms in total. The van der Waals surface area contributed by atoms with Crippen LogP contribution in [0.5, 0.6) is 0 Å². The highest BCUT2D eigenvalue weighted by Crippen LogP contribution is 2.36. The van der Waals surface area contributed by atoms with Crippen molar-refractivity contribution in [3.63, 3.8) is 0 Å². The summed E-state index contributed by atoms with van der Waals surface area (Å²) in [5.41, 5.74) is 0. The van der Waals surface area contributed by atoms with Crippen LogP contribution in [0.25, 0.3) is 0 Å². The van der Waals surface area contributed by atoms with Gasteiger partial charge in [-0.05, 0) is 24.6 Å². The molecular formula is C12H27BF3OSi-. The fraction of sp³-hybridized carbons (Fsp3) is 1.00. The molecule has 0 aliphatic rings. The normalized spacial score (nSPS) is 14.0. The molecule has 0 radical (unpaired) electrons. The van der Waals surface area contributed by atoms with Crippen LogP contribution in [0.2, 0.25) is 24.5 Å². The molecule has 0 aromatic rings. The van der Waals surface area contributed by atoms with E-state index >= 15 is 0 Å². The first-order valence-corrected chi connectivity index (χ1v) is 9.71. The SMILES string of the molecule is CC(C)(C)[Si](C)(C)OCCCCCC[B-](F)(F)F. The predicted octanol–water partition coefficient (Wildman–Crippen LogP) is 5.42. The van der Waals surface area contributed by atoms with Gasteiger partial charge in [0.2, 0.25) is 0 Å². The average molecular weight is 283 g/mol. The molecule has 0 spiro atoms. The van der Waals surface area contributed by atoms with Crippen molar-refractivity contribution < 1.29 is 17.4 Å². The van der Waals surface area contributed by atoms with Crippen molar-refractivity contribution >= 4 is 15.3 Å². The summed E-state index contributed by atoms with van der Waals surface area (Å²) in [5.74, 6) is 0. The minimum Gasteiger partial charge on any atom is -0.449 e. The van der Waals surface area contributed by atoms with Crippen molar-refractivity contribution in [3.8, 4) is 0 Å². The Morgan fingerprint density at radius 2 is 1.44 bits per heavy atom. The maximum atomic E-state index is 12.0. The third kappa shape index (κ3) is 8.19. The topological polar surface area (TPSA) is 9.23 Å². The van der Waals surface area contributed by atoms with Gasteiger partial charge < -0.3 is 17.4 Å². The van der Waals surface area contributed by atoms with E-state index in [1.54, 1.807) is 0 Å². The third-order valence-corrected chi connectivity index (χ3v) is 8.23. The molecule has 0 saturated carbocycles. The lowest BCUT2D eigenvalue weighted by Gasteiger charge is -2.36. The van der Waals surface area contributed by atoms with E-state index in [1.807, 2.05) is 0 Å². The van der Waals surface area contributed by atoms with E-state index in [2.05, 4.69) is 33.9 Å². The molecular weight excluding hydrogens is 256 g/mol. The van der Waals surface area contributed by atoms with Crippen LogP contribution >= 0.6 is 0 Å². The van der Waals surface area contributed by atoms with E-state index in [1.165, 1.54) is 0 Å². The maximum absolute atomic E-state index is 12.0. The van der Waals surface area contributed by atoms with Crippen molar-refractivity contribution in [3.05, 3.63) is 0 Å². The van der Waals surface area contributed by atoms with Gasteiger partial charge in [-0.15, -0.1) is 0 Å². The second-order valence-electron chi connectivity index (χ2n) is 6.52. The minimum atomic E-state index is -4.59. The Bertz CT molecular complexity index is 236. The highest BCUT2D eigenvalue weighted by molar-refractivity contribution is 6.74. The molecule has 18 heavy (non-hydrogen) atoms. The monoisotopic (exact) mass is 283 g/mol. The number of unbranched alkanes of at least 4 members (excludes halogenated alkanes) is 3. The Hall–Kier alpha value is 0.0318. The largest absolute Gasteiger partial charge is 0.478 e. The molecule has 0 N–H and O–H groups in total. The Labute approximate surface area is 111 Å². The van der Waals surface area contributed by atoms with Gasteiger partial charge in [-0.1, -0.05) is 46.4 Å². The van der Waals surface area contributed by atoms with Crippen LogP contribution < -0.4 is 0 Å². The highest BCUT2D eigenvalue weighted by atomic mass is 28.4. The molecule has 6 heteroatoms. The summed E-state index contributed by atoms with van der Waals surface area (Å²) in [4.78, 5) is 0. The average Bonchev–Trinajstić information content (AvgIpc) is 2.12. The van der Waals surface area contributed by atoms with Gasteiger partial charge in [-0.25, -0.2) is 0 Å². The van der Waals surface area contributed by atoms with Crippen molar-refractivity contribution in [1.82, 2.24) is 0 Å². The van der Waals surface area contributed by atoms with E-state index < -0.39 is 21.6 Å². The zero-order chi connectivity index (χ0) is 14.4. The summed E-state index contributed by atoms with van der Waals surface area (Å²) in [6.07, 6.45) is 2.03. The summed E-state index contributed by atoms with van der Waals surface area (Å²) < 4.78 is 41.8. The van der Waals surface area contributed by atoms with Crippen LogP contribution in [0.4, 0.5) is 12.9 Å². The molecule has 0 rings (SSSR count). The zero-order valence-electron chi connectivity index (χ0n) is 12.4. The van der Waals surface area contributed by atoms with Crippen LogP contribution in [0.1, 0.15) is 46.5 Å². The van der Waals surface area contributed by atoms with Gasteiger partial charge in [-0.3, -0.25) is 0 Å². The standard InChI is InChI=1S/C12H27BF3OSi/c1-12(2,3)18(4,5)17-11-9-7-6-8-10-13(14,15)16/h6-11H2,1-5H3/q-1. The van der Waals surface area contributed by atoms with E-state index in [-0.39, 0.29) is 11.5 Å². The van der Waals surface area contributed by atoms with Gasteiger partial charge in [0.25, 0.3) is 0 Å². The first-order chi connectivity index (χ1) is 7.96. The van der Waals surface area contributed by atoms with Gasteiger partial charge in [0.1, 0.15) is 0 Å². The lowest BCUT2D eigenvalue weighted by Crippen LogP contribution is -2.40. The van der Waals surface area contributed by atoms with Crippen molar-refractivity contribution in [2.75, 3.05) is 6.61 Å². The Morgan fingerprint density at radius 1 is 0.944 bits per heavy atom. The molecule has 0 aliphatic heterocycles. The van der Waals surface area contributed by atoms with Crippen LogP contribution in [-0.4, -0.2) is 21.9 Å². The molecule has 0 unspecified atom stereocenters. The first-order valence-electron chi connectivity index (χ1n) is 6.81. The lowest BCUT2D eigenvalue weighted by atomic mass is 9.83. The van der Waals surface area contributed by atoms with Gasteiger partial charge in [-0.2, -0.15) is 0 Å². The number of hydrogen-bond donors (Lipinski definition) is 0. The summed E-state index contributed by atoms with van der Waals surface area (Å²) in [5, 5.41) is 0.200. The summed E-state index contributed by atoms with van der Waals surface area (Å²) in [6, 6.07) is 0. The van der Waals surface area contributed by atoms with E-state index in [0.29, 0.717) is 13.0 Å².